The lowest BCUT2D eigenvalue weighted by Crippen LogP contribution is -2.07. The number of aromatic nitrogens is 1. The molecule has 1 aromatic carbocycles. The number of aromatic carboxylic acids is 1. The molecule has 0 amide bonds. The molecule has 0 saturated carbocycles. The summed E-state index contributed by atoms with van der Waals surface area (Å²) in [5.74, 6) is -0.335. The molecule has 0 aliphatic heterocycles. The molecule has 0 bridgehead atoms. The highest BCUT2D eigenvalue weighted by molar-refractivity contribution is 9.10. The molecule has 1 aromatic heterocycles. The molecule has 0 fully saturated rings. The van der Waals surface area contributed by atoms with E-state index in [4.69, 9.17) is 9.84 Å². The van der Waals surface area contributed by atoms with Gasteiger partial charge in [-0.2, -0.15) is 0 Å². The van der Waals surface area contributed by atoms with Crippen molar-refractivity contribution in [2.24, 2.45) is 0 Å². The van der Waals surface area contributed by atoms with Gasteiger partial charge in [-0.15, -0.1) is 0 Å². The summed E-state index contributed by atoms with van der Waals surface area (Å²) in [6.07, 6.45) is 1.55. The average molecular weight is 308 g/mol. The van der Waals surface area contributed by atoms with Crippen LogP contribution in [-0.4, -0.2) is 16.1 Å². The van der Waals surface area contributed by atoms with Crippen molar-refractivity contribution < 1.29 is 14.6 Å². The molecule has 1 heterocycles. The number of ether oxygens (including phenoxy) is 1. The fraction of sp³-hybridized carbons (Fsp3) is 0.0769. The molecule has 1 N–H and O–H groups in total. The first-order valence-corrected chi connectivity index (χ1v) is 6.01. The van der Waals surface area contributed by atoms with Crippen molar-refractivity contribution in [3.63, 3.8) is 0 Å². The van der Waals surface area contributed by atoms with Crippen molar-refractivity contribution in [3.05, 3.63) is 58.3 Å². The van der Waals surface area contributed by atoms with Gasteiger partial charge in [0, 0.05) is 10.7 Å². The van der Waals surface area contributed by atoms with Crippen LogP contribution in [-0.2, 0) is 6.61 Å². The highest BCUT2D eigenvalue weighted by atomic mass is 79.9. The SMILES string of the molecule is O=C(O)c1cccnc1COc1ccc(Br)cc1. The van der Waals surface area contributed by atoms with Crippen LogP contribution >= 0.6 is 15.9 Å². The second-order valence-electron chi connectivity index (χ2n) is 3.55. The number of hydrogen-bond acceptors (Lipinski definition) is 3. The Morgan fingerprint density at radius 2 is 2.00 bits per heavy atom. The van der Waals surface area contributed by atoms with Crippen LogP contribution in [0.2, 0.25) is 0 Å². The van der Waals surface area contributed by atoms with Crippen molar-refractivity contribution in [2.45, 2.75) is 6.61 Å². The Hall–Kier alpha value is -1.88. The van der Waals surface area contributed by atoms with Crippen LogP contribution in [0.1, 0.15) is 16.1 Å². The van der Waals surface area contributed by atoms with Gasteiger partial charge in [-0.05, 0) is 36.4 Å². The Balaban J connectivity index is 2.10. The molecule has 4 nitrogen and oxygen atoms in total. The zero-order valence-corrected chi connectivity index (χ0v) is 10.9. The lowest BCUT2D eigenvalue weighted by atomic mass is 10.2. The fourth-order valence-corrected chi connectivity index (χ4v) is 1.69. The summed E-state index contributed by atoms with van der Waals surface area (Å²) in [5.41, 5.74) is 0.572. The first kappa shape index (κ1) is 12.6. The highest BCUT2D eigenvalue weighted by Crippen LogP contribution is 2.17. The third-order valence-electron chi connectivity index (χ3n) is 2.31. The molecule has 0 unspecified atom stereocenters. The Bertz CT molecular complexity index is 554. The van der Waals surface area contributed by atoms with Gasteiger partial charge < -0.3 is 9.84 Å². The number of rotatable bonds is 4. The molecule has 0 aliphatic carbocycles. The van der Waals surface area contributed by atoms with Crippen molar-refractivity contribution in [3.8, 4) is 5.75 Å². The van der Waals surface area contributed by atoms with Crippen LogP contribution in [0.5, 0.6) is 5.75 Å². The average Bonchev–Trinajstić information content (AvgIpc) is 2.38. The smallest absolute Gasteiger partial charge is 0.337 e. The number of carbonyl (C=O) groups is 1. The van der Waals surface area contributed by atoms with Gasteiger partial charge in [-0.25, -0.2) is 4.79 Å². The zero-order chi connectivity index (χ0) is 13.0. The lowest BCUT2D eigenvalue weighted by molar-refractivity contribution is 0.0693. The van der Waals surface area contributed by atoms with Crippen molar-refractivity contribution >= 4 is 21.9 Å². The lowest BCUT2D eigenvalue weighted by Gasteiger charge is -2.07. The summed E-state index contributed by atoms with van der Waals surface area (Å²) in [7, 11) is 0. The Morgan fingerprint density at radius 3 is 2.67 bits per heavy atom. The van der Waals surface area contributed by atoms with E-state index in [1.54, 1.807) is 24.4 Å². The Kier molecular flexibility index (Phi) is 3.94. The molecule has 5 heteroatoms. The van der Waals surface area contributed by atoms with E-state index in [2.05, 4.69) is 20.9 Å². The first-order valence-electron chi connectivity index (χ1n) is 5.22. The summed E-state index contributed by atoms with van der Waals surface area (Å²) in [4.78, 5) is 15.0. The predicted octanol–water partition coefficient (Wildman–Crippen LogP) is 3.12. The minimum Gasteiger partial charge on any atom is -0.487 e. The largest absolute Gasteiger partial charge is 0.487 e. The maximum Gasteiger partial charge on any atom is 0.337 e. The summed E-state index contributed by atoms with van der Waals surface area (Å²) < 4.78 is 6.45. The van der Waals surface area contributed by atoms with Gasteiger partial charge in [0.15, 0.2) is 0 Å². The maximum absolute atomic E-state index is 11.0. The van der Waals surface area contributed by atoms with Crippen LogP contribution in [0.4, 0.5) is 0 Å². The number of carboxylic acids is 1. The molecule has 92 valence electrons. The maximum atomic E-state index is 11.0. The number of nitrogens with zero attached hydrogens (tertiary/aromatic N) is 1. The van der Waals surface area contributed by atoms with E-state index in [9.17, 15) is 4.79 Å². The summed E-state index contributed by atoms with van der Waals surface area (Å²) in [5, 5.41) is 9.00. The molecule has 0 radical (unpaired) electrons. The summed E-state index contributed by atoms with van der Waals surface area (Å²) in [6.45, 7) is 0.129. The molecular formula is C13H10BrNO3. The van der Waals surface area contributed by atoms with E-state index in [0.717, 1.165) is 4.47 Å². The highest BCUT2D eigenvalue weighted by Gasteiger charge is 2.10. The topological polar surface area (TPSA) is 59.4 Å². The third-order valence-corrected chi connectivity index (χ3v) is 2.84. The van der Waals surface area contributed by atoms with E-state index >= 15 is 0 Å². The zero-order valence-electron chi connectivity index (χ0n) is 9.34. The predicted molar refractivity (Wildman–Crippen MR) is 69.7 cm³/mol. The number of benzene rings is 1. The Morgan fingerprint density at radius 1 is 1.28 bits per heavy atom. The van der Waals surface area contributed by atoms with Gasteiger partial charge in [-0.1, -0.05) is 15.9 Å². The van der Waals surface area contributed by atoms with E-state index < -0.39 is 5.97 Å². The van der Waals surface area contributed by atoms with Crippen molar-refractivity contribution in [2.75, 3.05) is 0 Å². The molecule has 0 atom stereocenters. The fourth-order valence-electron chi connectivity index (χ4n) is 1.43. The van der Waals surface area contributed by atoms with Gasteiger partial charge in [0.2, 0.25) is 0 Å². The second-order valence-corrected chi connectivity index (χ2v) is 4.46. The van der Waals surface area contributed by atoms with Crippen LogP contribution in [0, 0.1) is 0 Å². The van der Waals surface area contributed by atoms with Gasteiger partial charge in [0.1, 0.15) is 12.4 Å². The molecule has 0 aliphatic rings. The molecular weight excluding hydrogens is 298 g/mol. The summed E-state index contributed by atoms with van der Waals surface area (Å²) in [6, 6.07) is 10.4. The van der Waals surface area contributed by atoms with Crippen LogP contribution < -0.4 is 4.74 Å². The normalized spacial score (nSPS) is 10.1. The van der Waals surface area contributed by atoms with E-state index in [1.807, 2.05) is 12.1 Å². The number of hydrogen-bond donors (Lipinski definition) is 1. The van der Waals surface area contributed by atoms with Crippen molar-refractivity contribution in [1.82, 2.24) is 4.98 Å². The molecule has 2 aromatic rings. The molecule has 0 saturated heterocycles. The van der Waals surface area contributed by atoms with E-state index in [-0.39, 0.29) is 12.2 Å². The molecule has 0 spiro atoms. The van der Waals surface area contributed by atoms with Crippen LogP contribution in [0.25, 0.3) is 0 Å². The summed E-state index contributed by atoms with van der Waals surface area (Å²) >= 11 is 3.33. The molecule has 2 rings (SSSR count). The number of pyridine rings is 1. The number of halogens is 1. The van der Waals surface area contributed by atoms with Gasteiger partial charge in [-0.3, -0.25) is 4.98 Å². The van der Waals surface area contributed by atoms with Crippen LogP contribution in [0.15, 0.2) is 47.1 Å². The van der Waals surface area contributed by atoms with Gasteiger partial charge in [0.25, 0.3) is 0 Å². The second kappa shape index (κ2) is 5.64. The van der Waals surface area contributed by atoms with Crippen LogP contribution in [0.3, 0.4) is 0 Å². The minimum absolute atomic E-state index is 0.129. The Labute approximate surface area is 112 Å². The molecule has 18 heavy (non-hydrogen) atoms. The van der Waals surface area contributed by atoms with Gasteiger partial charge >= 0.3 is 5.97 Å². The standard InChI is InChI=1S/C13H10BrNO3/c14-9-3-5-10(6-4-9)18-8-12-11(13(16)17)2-1-7-15-12/h1-7H,8H2,(H,16,17). The van der Waals surface area contributed by atoms with Gasteiger partial charge in [0.05, 0.1) is 11.3 Å². The van der Waals surface area contributed by atoms with E-state index in [1.165, 1.54) is 6.07 Å². The number of carboxylic acid groups (broad SMARTS) is 1. The minimum atomic E-state index is -1.00. The first-order chi connectivity index (χ1) is 8.66. The monoisotopic (exact) mass is 307 g/mol. The quantitative estimate of drug-likeness (QED) is 0.943. The van der Waals surface area contributed by atoms with E-state index in [0.29, 0.717) is 11.4 Å². The van der Waals surface area contributed by atoms with Crippen molar-refractivity contribution in [1.29, 1.82) is 0 Å². The third kappa shape index (κ3) is 3.07.